The zero-order chi connectivity index (χ0) is 24.8. The number of hydrogen-bond donors (Lipinski definition) is 2. The number of methoxy groups -OCH3 is 1. The van der Waals surface area contributed by atoms with Crippen LogP contribution in [0.15, 0.2) is 54.9 Å². The molecule has 0 radical (unpaired) electrons. The van der Waals surface area contributed by atoms with Gasteiger partial charge in [-0.2, -0.15) is 0 Å². The van der Waals surface area contributed by atoms with E-state index in [0.717, 1.165) is 0 Å². The second kappa shape index (κ2) is 11.2. The lowest BCUT2D eigenvalue weighted by Gasteiger charge is -2.30. The molecule has 1 atom stereocenters. The van der Waals surface area contributed by atoms with Crippen molar-refractivity contribution in [1.82, 2.24) is 14.9 Å². The lowest BCUT2D eigenvalue weighted by atomic mass is 10.2. The molecule has 1 saturated heterocycles. The summed E-state index contributed by atoms with van der Waals surface area (Å²) in [6.45, 7) is 1.43. The lowest BCUT2D eigenvalue weighted by molar-refractivity contribution is -0.161. The monoisotopic (exact) mass is 499 g/mol. The van der Waals surface area contributed by atoms with Crippen LogP contribution in [0, 0.1) is 5.82 Å². The number of amides is 1. The third kappa shape index (κ3) is 6.50. The topological polar surface area (TPSA) is 106 Å². The number of fused-ring (bicyclic) bond motifs is 1. The van der Waals surface area contributed by atoms with E-state index in [-0.39, 0.29) is 29.5 Å². The van der Waals surface area contributed by atoms with E-state index in [1.165, 1.54) is 24.5 Å². The van der Waals surface area contributed by atoms with Gasteiger partial charge in [-0.25, -0.2) is 14.4 Å². The summed E-state index contributed by atoms with van der Waals surface area (Å²) < 4.78 is 23.7. The molecule has 9 nitrogen and oxygen atoms in total. The summed E-state index contributed by atoms with van der Waals surface area (Å²) >= 11 is 5.87. The first-order valence-electron chi connectivity index (χ1n) is 10.8. The number of carbonyl (C=O) groups excluding carboxylic acids is 2. The van der Waals surface area contributed by atoms with Crippen LogP contribution >= 0.6 is 11.6 Å². The Hall–Kier alpha value is -3.60. The molecule has 2 heterocycles. The minimum atomic E-state index is -0.516. The fourth-order valence-corrected chi connectivity index (χ4v) is 3.83. The van der Waals surface area contributed by atoms with Crippen molar-refractivity contribution in [1.29, 1.82) is 0 Å². The molecule has 4 rings (SSSR count). The van der Waals surface area contributed by atoms with Gasteiger partial charge in [0, 0.05) is 43.0 Å². The summed E-state index contributed by atoms with van der Waals surface area (Å²) in [5.41, 5.74) is 1.76. The number of esters is 1. The Kier molecular flexibility index (Phi) is 7.86. The van der Waals surface area contributed by atoms with Crippen molar-refractivity contribution in [3.8, 4) is 0 Å². The van der Waals surface area contributed by atoms with E-state index in [1.54, 1.807) is 37.5 Å². The highest BCUT2D eigenvalue weighted by atomic mass is 35.5. The van der Waals surface area contributed by atoms with Crippen LogP contribution in [-0.4, -0.2) is 66.2 Å². The molecule has 35 heavy (non-hydrogen) atoms. The summed E-state index contributed by atoms with van der Waals surface area (Å²) in [7, 11) is 1.55. The maximum Gasteiger partial charge on any atom is 0.320 e. The number of aromatic nitrogens is 2. The maximum absolute atomic E-state index is 13.5. The van der Waals surface area contributed by atoms with Crippen molar-refractivity contribution in [2.45, 2.75) is 6.10 Å². The number of ether oxygens (including phenoxy) is 2. The number of rotatable bonds is 8. The summed E-state index contributed by atoms with van der Waals surface area (Å²) in [5.74, 6) is -0.680. The van der Waals surface area contributed by atoms with E-state index in [4.69, 9.17) is 21.1 Å². The van der Waals surface area contributed by atoms with E-state index >= 15 is 0 Å². The minimum absolute atomic E-state index is 0.0104. The van der Waals surface area contributed by atoms with Gasteiger partial charge in [0.1, 0.15) is 24.1 Å². The molecule has 1 amide bonds. The number of hydrogen-bond acceptors (Lipinski definition) is 8. The number of nitrogens with zero attached hydrogens (tertiary/aromatic N) is 3. The van der Waals surface area contributed by atoms with E-state index in [9.17, 15) is 14.0 Å². The van der Waals surface area contributed by atoms with Crippen molar-refractivity contribution in [2.24, 2.45) is 0 Å². The molecule has 1 aliphatic heterocycles. The Morgan fingerprint density at radius 1 is 1.29 bits per heavy atom. The fourth-order valence-electron chi connectivity index (χ4n) is 3.64. The van der Waals surface area contributed by atoms with Gasteiger partial charge < -0.3 is 20.1 Å². The summed E-state index contributed by atoms with van der Waals surface area (Å²) in [6, 6.07) is 9.50. The first-order chi connectivity index (χ1) is 16.9. The van der Waals surface area contributed by atoms with Gasteiger partial charge in [0.25, 0.3) is 0 Å². The van der Waals surface area contributed by atoms with Crippen LogP contribution in [0.3, 0.4) is 0 Å². The number of benzene rings is 2. The smallest absolute Gasteiger partial charge is 0.320 e. The third-order valence-electron chi connectivity index (χ3n) is 5.18. The van der Waals surface area contributed by atoms with Gasteiger partial charge in [-0.15, -0.1) is 0 Å². The van der Waals surface area contributed by atoms with Gasteiger partial charge in [-0.05, 0) is 36.4 Å². The van der Waals surface area contributed by atoms with E-state index in [0.29, 0.717) is 47.8 Å². The van der Waals surface area contributed by atoms with Gasteiger partial charge in [0.15, 0.2) is 0 Å². The van der Waals surface area contributed by atoms with Gasteiger partial charge in [0.2, 0.25) is 5.91 Å². The number of anilines is 3. The Labute approximate surface area is 205 Å². The SMILES string of the molecule is COC[C@@H]1CN(CC=CC(=O)Nc2ccc3ncnc(Nc4ccc(F)c(Cl)c4)c3c2)CC(=O)O1. The molecule has 0 unspecified atom stereocenters. The van der Waals surface area contributed by atoms with Crippen molar-refractivity contribution >= 4 is 51.6 Å². The number of cyclic esters (lactones) is 1. The minimum Gasteiger partial charge on any atom is -0.458 e. The normalized spacial score (nSPS) is 16.4. The number of halogens is 2. The van der Waals surface area contributed by atoms with E-state index < -0.39 is 5.82 Å². The number of carbonyl (C=O) groups is 2. The van der Waals surface area contributed by atoms with Crippen LogP contribution in [-0.2, 0) is 19.1 Å². The molecule has 0 spiro atoms. The predicted molar refractivity (Wildman–Crippen MR) is 130 cm³/mol. The molecule has 2 N–H and O–H groups in total. The largest absolute Gasteiger partial charge is 0.458 e. The maximum atomic E-state index is 13.5. The predicted octanol–water partition coefficient (Wildman–Crippen LogP) is 3.53. The molecular formula is C24H23ClFN5O4. The van der Waals surface area contributed by atoms with Crippen LogP contribution in [0.2, 0.25) is 5.02 Å². The summed E-state index contributed by atoms with van der Waals surface area (Å²) in [5, 5.41) is 6.56. The third-order valence-corrected chi connectivity index (χ3v) is 5.47. The first kappa shape index (κ1) is 24.5. The quantitative estimate of drug-likeness (QED) is 0.358. The molecule has 11 heteroatoms. The Bertz CT molecular complexity index is 1270. The molecular weight excluding hydrogens is 477 g/mol. The van der Waals surface area contributed by atoms with E-state index in [2.05, 4.69) is 20.6 Å². The van der Waals surface area contributed by atoms with Crippen molar-refractivity contribution < 1.29 is 23.5 Å². The highest BCUT2D eigenvalue weighted by molar-refractivity contribution is 6.31. The highest BCUT2D eigenvalue weighted by Gasteiger charge is 2.25. The zero-order valence-electron chi connectivity index (χ0n) is 18.8. The molecule has 1 fully saturated rings. The standard InChI is InChI=1S/C24H23ClFN5O4/c1-34-13-17-11-31(12-23(33)35-17)8-2-3-22(32)29-15-5-7-21-18(9-15)24(28-14-27-21)30-16-4-6-20(26)19(25)10-16/h2-7,9-10,14,17H,8,11-13H2,1H3,(H,29,32)(H,27,28,30)/t17-/m0/s1. The van der Waals surface area contributed by atoms with Crippen LogP contribution < -0.4 is 10.6 Å². The van der Waals surface area contributed by atoms with Crippen molar-refractivity contribution in [2.75, 3.05) is 44.0 Å². The van der Waals surface area contributed by atoms with Gasteiger partial charge in [-0.1, -0.05) is 17.7 Å². The fraction of sp³-hybridized carbons (Fsp3) is 0.250. The Morgan fingerprint density at radius 2 is 2.11 bits per heavy atom. The van der Waals surface area contributed by atoms with Crippen LogP contribution in [0.25, 0.3) is 10.9 Å². The second-order valence-corrected chi connectivity index (χ2v) is 8.27. The molecule has 0 saturated carbocycles. The van der Waals surface area contributed by atoms with Crippen LogP contribution in [0.5, 0.6) is 0 Å². The average Bonchev–Trinajstić information content (AvgIpc) is 2.82. The van der Waals surface area contributed by atoms with E-state index in [1.807, 2.05) is 4.90 Å². The van der Waals surface area contributed by atoms with Crippen molar-refractivity contribution in [3.63, 3.8) is 0 Å². The van der Waals surface area contributed by atoms with Crippen LogP contribution in [0.4, 0.5) is 21.6 Å². The molecule has 0 aliphatic carbocycles. The summed E-state index contributed by atoms with van der Waals surface area (Å²) in [6.07, 6.45) is 4.19. The number of nitrogens with one attached hydrogen (secondary N) is 2. The Morgan fingerprint density at radius 3 is 2.91 bits per heavy atom. The molecule has 2 aromatic carbocycles. The molecule has 3 aromatic rings. The van der Waals surface area contributed by atoms with Crippen LogP contribution in [0.1, 0.15) is 0 Å². The first-order valence-corrected chi connectivity index (χ1v) is 11.1. The molecule has 1 aromatic heterocycles. The molecule has 0 bridgehead atoms. The van der Waals surface area contributed by atoms with Crippen molar-refractivity contribution in [3.05, 3.63) is 65.7 Å². The summed E-state index contributed by atoms with van der Waals surface area (Å²) in [4.78, 5) is 34.5. The van der Waals surface area contributed by atoms with Gasteiger partial charge >= 0.3 is 5.97 Å². The van der Waals surface area contributed by atoms with Gasteiger partial charge in [0.05, 0.1) is 23.7 Å². The molecule has 182 valence electrons. The average molecular weight is 500 g/mol. The lowest BCUT2D eigenvalue weighted by Crippen LogP contribution is -2.47. The van der Waals surface area contributed by atoms with Gasteiger partial charge in [-0.3, -0.25) is 14.5 Å². The highest BCUT2D eigenvalue weighted by Crippen LogP contribution is 2.27. The number of morpholine rings is 1. The molecule has 1 aliphatic rings. The Balaban J connectivity index is 1.41. The zero-order valence-corrected chi connectivity index (χ0v) is 19.6. The second-order valence-electron chi connectivity index (χ2n) is 7.86.